The number of halogens is 3. The van der Waals surface area contributed by atoms with Crippen molar-refractivity contribution in [3.63, 3.8) is 0 Å². The summed E-state index contributed by atoms with van der Waals surface area (Å²) in [5, 5.41) is 23.4. The number of ether oxygens (including phenoxy) is 1. The van der Waals surface area contributed by atoms with E-state index in [0.717, 1.165) is 12.1 Å². The standard InChI is InChI=1S/C15H13ClF2N2O4/c16-12-5-9(20(22)23)1-4-15(12)19-7-10(21)8-24-11-2-3-13(17)14(18)6-11/h1-6,10,19,21H,7-8H2. The average molecular weight is 359 g/mol. The van der Waals surface area contributed by atoms with Crippen molar-refractivity contribution in [1.82, 2.24) is 0 Å². The molecule has 0 aromatic heterocycles. The summed E-state index contributed by atoms with van der Waals surface area (Å²) >= 11 is 5.91. The third-order valence-corrected chi connectivity index (χ3v) is 3.34. The first-order chi connectivity index (χ1) is 11.4. The van der Waals surface area contributed by atoms with E-state index in [0.29, 0.717) is 5.69 Å². The van der Waals surface area contributed by atoms with Crippen LogP contribution in [0, 0.1) is 21.7 Å². The second-order valence-electron chi connectivity index (χ2n) is 4.84. The SMILES string of the molecule is O=[N+]([O-])c1ccc(NCC(O)COc2ccc(F)c(F)c2)c(Cl)c1. The molecule has 0 aliphatic rings. The van der Waals surface area contributed by atoms with Crippen LogP contribution in [0.4, 0.5) is 20.2 Å². The highest BCUT2D eigenvalue weighted by Gasteiger charge is 2.11. The van der Waals surface area contributed by atoms with Crippen molar-refractivity contribution < 1.29 is 23.5 Å². The fourth-order valence-corrected chi connectivity index (χ4v) is 2.05. The summed E-state index contributed by atoms with van der Waals surface area (Å²) in [6.07, 6.45) is -0.968. The van der Waals surface area contributed by atoms with Gasteiger partial charge in [-0.1, -0.05) is 11.6 Å². The fraction of sp³-hybridized carbons (Fsp3) is 0.200. The van der Waals surface area contributed by atoms with Crippen LogP contribution >= 0.6 is 11.6 Å². The number of nitrogens with zero attached hydrogens (tertiary/aromatic N) is 1. The molecule has 6 nitrogen and oxygen atoms in total. The molecule has 2 N–H and O–H groups in total. The van der Waals surface area contributed by atoms with Gasteiger partial charge < -0.3 is 15.2 Å². The molecule has 0 bridgehead atoms. The van der Waals surface area contributed by atoms with Gasteiger partial charge in [-0.15, -0.1) is 0 Å². The highest BCUT2D eigenvalue weighted by atomic mass is 35.5. The molecule has 0 spiro atoms. The fourth-order valence-electron chi connectivity index (χ4n) is 1.81. The van der Waals surface area contributed by atoms with Crippen molar-refractivity contribution in [3.05, 3.63) is 63.2 Å². The van der Waals surface area contributed by atoms with Crippen molar-refractivity contribution >= 4 is 23.0 Å². The lowest BCUT2D eigenvalue weighted by molar-refractivity contribution is -0.384. The maximum absolute atomic E-state index is 13.0. The van der Waals surface area contributed by atoms with Crippen LogP contribution in [0.5, 0.6) is 5.75 Å². The molecular weight excluding hydrogens is 346 g/mol. The Balaban J connectivity index is 1.85. The first-order valence-corrected chi connectivity index (χ1v) is 7.18. The molecule has 2 aromatic rings. The van der Waals surface area contributed by atoms with Gasteiger partial charge >= 0.3 is 0 Å². The number of nitro benzene ring substituents is 1. The number of benzene rings is 2. The van der Waals surface area contributed by atoms with Crippen molar-refractivity contribution in [1.29, 1.82) is 0 Å². The summed E-state index contributed by atoms with van der Waals surface area (Å²) in [5.74, 6) is -1.95. The molecule has 0 aliphatic carbocycles. The number of nitro groups is 1. The second-order valence-corrected chi connectivity index (χ2v) is 5.25. The van der Waals surface area contributed by atoms with Crippen LogP contribution in [0.25, 0.3) is 0 Å². The highest BCUT2D eigenvalue weighted by molar-refractivity contribution is 6.33. The Morgan fingerprint density at radius 3 is 2.62 bits per heavy atom. The molecule has 0 amide bonds. The van der Waals surface area contributed by atoms with E-state index >= 15 is 0 Å². The average Bonchev–Trinajstić information content (AvgIpc) is 2.54. The molecule has 1 unspecified atom stereocenters. The van der Waals surface area contributed by atoms with Gasteiger partial charge in [0.25, 0.3) is 5.69 Å². The predicted octanol–water partition coefficient (Wildman–Crippen LogP) is 3.38. The van der Waals surface area contributed by atoms with E-state index in [4.69, 9.17) is 16.3 Å². The van der Waals surface area contributed by atoms with E-state index in [2.05, 4.69) is 5.32 Å². The zero-order valence-electron chi connectivity index (χ0n) is 12.2. The smallest absolute Gasteiger partial charge is 0.271 e. The van der Waals surface area contributed by atoms with E-state index in [1.165, 1.54) is 24.3 Å². The topological polar surface area (TPSA) is 84.6 Å². The number of nitrogens with one attached hydrogen (secondary N) is 1. The minimum absolute atomic E-state index is 0.0429. The van der Waals surface area contributed by atoms with Crippen LogP contribution in [0.1, 0.15) is 0 Å². The van der Waals surface area contributed by atoms with Gasteiger partial charge in [0.05, 0.1) is 15.6 Å². The molecule has 1 atom stereocenters. The number of rotatable bonds is 7. The third-order valence-electron chi connectivity index (χ3n) is 3.03. The Kier molecular flexibility index (Phi) is 5.88. The van der Waals surface area contributed by atoms with Gasteiger partial charge in [0.1, 0.15) is 18.5 Å². The zero-order valence-corrected chi connectivity index (χ0v) is 13.0. The van der Waals surface area contributed by atoms with Crippen molar-refractivity contribution in [2.24, 2.45) is 0 Å². The Hall–Kier alpha value is -2.45. The van der Waals surface area contributed by atoms with Gasteiger partial charge in [0.2, 0.25) is 0 Å². The second kappa shape index (κ2) is 7.89. The van der Waals surface area contributed by atoms with Gasteiger partial charge in [-0.25, -0.2) is 8.78 Å². The van der Waals surface area contributed by atoms with Gasteiger partial charge in [0, 0.05) is 24.7 Å². The van der Waals surface area contributed by atoms with E-state index in [1.54, 1.807) is 0 Å². The molecule has 2 rings (SSSR count). The third kappa shape index (κ3) is 4.77. The molecule has 0 aliphatic heterocycles. The quantitative estimate of drug-likeness (QED) is 0.585. The summed E-state index contributed by atoms with van der Waals surface area (Å²) in [4.78, 5) is 10.0. The van der Waals surface area contributed by atoms with Crippen LogP contribution in [-0.2, 0) is 0 Å². The van der Waals surface area contributed by atoms with Crippen LogP contribution in [-0.4, -0.2) is 29.3 Å². The molecule has 0 saturated carbocycles. The van der Waals surface area contributed by atoms with Gasteiger partial charge in [0.15, 0.2) is 11.6 Å². The largest absolute Gasteiger partial charge is 0.491 e. The summed E-state index contributed by atoms with van der Waals surface area (Å²) in [6.45, 7) is -0.121. The van der Waals surface area contributed by atoms with Crippen molar-refractivity contribution in [2.45, 2.75) is 6.10 Å². The van der Waals surface area contributed by atoms with Crippen LogP contribution in [0.15, 0.2) is 36.4 Å². The monoisotopic (exact) mass is 358 g/mol. The summed E-state index contributed by atoms with van der Waals surface area (Å²) in [6, 6.07) is 6.93. The Bertz CT molecular complexity index is 745. The molecule has 0 radical (unpaired) electrons. The Morgan fingerprint density at radius 1 is 1.25 bits per heavy atom. The molecule has 2 aromatic carbocycles. The lowest BCUT2D eigenvalue weighted by atomic mass is 10.2. The first-order valence-electron chi connectivity index (χ1n) is 6.80. The van der Waals surface area contributed by atoms with Gasteiger partial charge in [-0.3, -0.25) is 10.1 Å². The van der Waals surface area contributed by atoms with E-state index in [-0.39, 0.29) is 29.6 Å². The summed E-state index contributed by atoms with van der Waals surface area (Å²) < 4.78 is 30.9. The van der Waals surface area contributed by atoms with Crippen LogP contribution < -0.4 is 10.1 Å². The van der Waals surface area contributed by atoms with E-state index < -0.39 is 22.7 Å². The number of aliphatic hydroxyl groups is 1. The maximum Gasteiger partial charge on any atom is 0.271 e. The lowest BCUT2D eigenvalue weighted by Gasteiger charge is -2.14. The van der Waals surface area contributed by atoms with Crippen molar-refractivity contribution in [3.8, 4) is 5.75 Å². The predicted molar refractivity (Wildman–Crippen MR) is 84.5 cm³/mol. The molecule has 9 heteroatoms. The minimum Gasteiger partial charge on any atom is -0.491 e. The van der Waals surface area contributed by atoms with Gasteiger partial charge in [-0.05, 0) is 18.2 Å². The Labute approximate surface area is 140 Å². The van der Waals surface area contributed by atoms with Crippen LogP contribution in [0.2, 0.25) is 5.02 Å². The summed E-state index contributed by atoms with van der Waals surface area (Å²) in [5.41, 5.74) is 0.266. The molecule has 0 saturated heterocycles. The lowest BCUT2D eigenvalue weighted by Crippen LogP contribution is -2.26. The maximum atomic E-state index is 13.0. The molecule has 0 heterocycles. The molecular formula is C15H13ClF2N2O4. The molecule has 0 fully saturated rings. The molecule has 24 heavy (non-hydrogen) atoms. The normalized spacial score (nSPS) is 11.8. The van der Waals surface area contributed by atoms with Gasteiger partial charge in [-0.2, -0.15) is 0 Å². The molecule has 128 valence electrons. The highest BCUT2D eigenvalue weighted by Crippen LogP contribution is 2.26. The van der Waals surface area contributed by atoms with E-state index in [1.807, 2.05) is 0 Å². The summed E-state index contributed by atoms with van der Waals surface area (Å²) in [7, 11) is 0. The zero-order chi connectivity index (χ0) is 17.7. The first kappa shape index (κ1) is 17.9. The number of hydrogen-bond acceptors (Lipinski definition) is 5. The number of hydrogen-bond donors (Lipinski definition) is 2. The van der Waals surface area contributed by atoms with Crippen LogP contribution in [0.3, 0.4) is 0 Å². The number of aliphatic hydroxyl groups excluding tert-OH is 1. The van der Waals surface area contributed by atoms with E-state index in [9.17, 15) is 24.0 Å². The Morgan fingerprint density at radius 2 is 2.00 bits per heavy atom. The minimum atomic E-state index is -1.04. The van der Waals surface area contributed by atoms with Crippen molar-refractivity contribution in [2.75, 3.05) is 18.5 Å². The number of anilines is 1. The number of non-ortho nitro benzene ring substituents is 1.